The van der Waals surface area contributed by atoms with Gasteiger partial charge in [0.05, 0.1) is 6.54 Å². The molecular weight excluding hydrogens is 384 g/mol. The van der Waals surface area contributed by atoms with Crippen LogP contribution in [0.3, 0.4) is 0 Å². The molecule has 1 N–H and O–H groups in total. The molecule has 2 aromatic carbocycles. The van der Waals surface area contributed by atoms with E-state index in [1.807, 2.05) is 0 Å². The number of rotatable bonds is 5. The lowest BCUT2D eigenvalue weighted by atomic mass is 9.87. The summed E-state index contributed by atoms with van der Waals surface area (Å²) in [5, 5.41) is 3.28. The van der Waals surface area contributed by atoms with Crippen molar-refractivity contribution in [2.24, 2.45) is 0 Å². The van der Waals surface area contributed by atoms with E-state index in [0.29, 0.717) is 34.1 Å². The van der Waals surface area contributed by atoms with Crippen molar-refractivity contribution >= 4 is 29.3 Å². The number of Topliss-reactive ketones (excluding diaryl/α,β-unsaturated/α-hetero) is 1. The number of halogens is 1. The fraction of sp³-hybridized carbons (Fsp3) is 0.250. The summed E-state index contributed by atoms with van der Waals surface area (Å²) in [6.45, 7) is 1.54. The summed E-state index contributed by atoms with van der Waals surface area (Å²) in [4.78, 5) is 39.3. The van der Waals surface area contributed by atoms with Crippen molar-refractivity contribution in [3.63, 3.8) is 0 Å². The number of ether oxygens (including phenoxy) is 2. The Morgan fingerprint density at radius 1 is 1.14 bits per heavy atom. The van der Waals surface area contributed by atoms with Gasteiger partial charge >= 0.3 is 6.03 Å². The van der Waals surface area contributed by atoms with Crippen molar-refractivity contribution in [2.75, 3.05) is 13.3 Å². The molecule has 2 aromatic rings. The lowest BCUT2D eigenvalue weighted by Gasteiger charge is -2.25. The average Bonchev–Trinajstić information content (AvgIpc) is 3.26. The monoisotopic (exact) mass is 400 g/mol. The summed E-state index contributed by atoms with van der Waals surface area (Å²) >= 11 is 5.93. The number of hydrogen-bond donors (Lipinski definition) is 1. The van der Waals surface area contributed by atoms with Gasteiger partial charge in [0.2, 0.25) is 6.79 Å². The lowest BCUT2D eigenvalue weighted by molar-refractivity contribution is -0.131. The molecule has 7 nitrogen and oxygen atoms in total. The van der Waals surface area contributed by atoms with Crippen LogP contribution in [0.2, 0.25) is 5.02 Å². The number of ketones is 1. The van der Waals surface area contributed by atoms with Gasteiger partial charge in [-0.05, 0) is 42.3 Å². The number of imide groups is 1. The maximum Gasteiger partial charge on any atom is 0.325 e. The predicted molar refractivity (Wildman–Crippen MR) is 101 cm³/mol. The molecule has 4 rings (SSSR count). The van der Waals surface area contributed by atoms with Gasteiger partial charge in [-0.25, -0.2) is 4.79 Å². The molecule has 3 amide bonds. The second kappa shape index (κ2) is 6.83. The number of urea groups is 1. The molecule has 0 radical (unpaired) electrons. The fourth-order valence-corrected chi connectivity index (χ4v) is 3.57. The maximum atomic E-state index is 13.1. The van der Waals surface area contributed by atoms with Crippen LogP contribution in [0.5, 0.6) is 11.5 Å². The normalized spacial score (nSPS) is 20.4. The van der Waals surface area contributed by atoms with Crippen molar-refractivity contribution in [1.82, 2.24) is 10.2 Å². The van der Waals surface area contributed by atoms with Crippen LogP contribution in [0.25, 0.3) is 0 Å². The van der Waals surface area contributed by atoms with E-state index in [9.17, 15) is 14.4 Å². The van der Waals surface area contributed by atoms with Crippen LogP contribution in [0.4, 0.5) is 4.79 Å². The van der Waals surface area contributed by atoms with Crippen molar-refractivity contribution in [1.29, 1.82) is 0 Å². The van der Waals surface area contributed by atoms with Crippen LogP contribution in [0.1, 0.15) is 29.3 Å². The van der Waals surface area contributed by atoms with E-state index in [4.69, 9.17) is 21.1 Å². The highest BCUT2D eigenvalue weighted by Crippen LogP contribution is 2.34. The highest BCUT2D eigenvalue weighted by atomic mass is 35.5. The summed E-state index contributed by atoms with van der Waals surface area (Å²) in [6, 6.07) is 10.9. The highest BCUT2D eigenvalue weighted by molar-refractivity contribution is 6.30. The highest BCUT2D eigenvalue weighted by Gasteiger charge is 2.51. The van der Waals surface area contributed by atoms with Crippen LogP contribution in [0.15, 0.2) is 42.5 Å². The molecule has 0 bridgehead atoms. The number of benzene rings is 2. The largest absolute Gasteiger partial charge is 0.454 e. The minimum Gasteiger partial charge on any atom is -0.454 e. The fourth-order valence-electron chi connectivity index (χ4n) is 3.45. The number of nitrogens with one attached hydrogen (secondary N) is 1. The topological polar surface area (TPSA) is 84.9 Å². The standard InChI is InChI=1S/C20H17ClN2O5/c1-2-20(13-4-6-14(21)7-5-13)18(25)23(19(26)22-20)10-15(24)12-3-8-16-17(9-12)28-11-27-16/h3-9H,2,10-11H2,1H3,(H,22,26)/t20-/m1/s1. The Balaban J connectivity index is 1.58. The predicted octanol–water partition coefficient (Wildman–Crippen LogP) is 3.11. The Morgan fingerprint density at radius 2 is 1.86 bits per heavy atom. The van der Waals surface area contributed by atoms with Gasteiger partial charge in [0, 0.05) is 10.6 Å². The van der Waals surface area contributed by atoms with Gasteiger partial charge in [0.15, 0.2) is 17.3 Å². The molecule has 1 atom stereocenters. The lowest BCUT2D eigenvalue weighted by Crippen LogP contribution is -2.43. The van der Waals surface area contributed by atoms with Gasteiger partial charge in [-0.2, -0.15) is 0 Å². The van der Waals surface area contributed by atoms with Gasteiger partial charge < -0.3 is 14.8 Å². The van der Waals surface area contributed by atoms with Gasteiger partial charge in [-0.15, -0.1) is 0 Å². The third-order valence-electron chi connectivity index (χ3n) is 5.04. The van der Waals surface area contributed by atoms with E-state index >= 15 is 0 Å². The third kappa shape index (κ3) is 2.88. The summed E-state index contributed by atoms with van der Waals surface area (Å²) in [5.74, 6) is 0.188. The van der Waals surface area contributed by atoms with Crippen molar-refractivity contribution in [2.45, 2.75) is 18.9 Å². The van der Waals surface area contributed by atoms with Crippen molar-refractivity contribution in [3.05, 3.63) is 58.6 Å². The van der Waals surface area contributed by atoms with Gasteiger partial charge in [-0.3, -0.25) is 14.5 Å². The Morgan fingerprint density at radius 3 is 2.57 bits per heavy atom. The summed E-state index contributed by atoms with van der Waals surface area (Å²) < 4.78 is 10.5. The number of amides is 3. The maximum absolute atomic E-state index is 13.1. The van der Waals surface area contributed by atoms with Gasteiger partial charge in [0.1, 0.15) is 5.54 Å². The minimum atomic E-state index is -1.21. The second-order valence-electron chi connectivity index (χ2n) is 6.58. The molecule has 0 unspecified atom stereocenters. The second-order valence-corrected chi connectivity index (χ2v) is 7.01. The zero-order valence-corrected chi connectivity index (χ0v) is 15.8. The number of hydrogen-bond acceptors (Lipinski definition) is 5. The SMILES string of the molecule is CC[C@]1(c2ccc(Cl)cc2)NC(=O)N(CC(=O)c2ccc3c(c2)OCO3)C1=O. The number of carbonyl (C=O) groups excluding carboxylic acids is 3. The molecule has 1 fully saturated rings. The minimum absolute atomic E-state index is 0.0973. The number of carbonyl (C=O) groups is 3. The van der Waals surface area contributed by atoms with Crippen LogP contribution >= 0.6 is 11.6 Å². The van der Waals surface area contributed by atoms with Gasteiger partial charge in [-0.1, -0.05) is 30.7 Å². The zero-order valence-electron chi connectivity index (χ0n) is 15.0. The Bertz CT molecular complexity index is 975. The first kappa shape index (κ1) is 18.3. The molecule has 1 saturated heterocycles. The Labute approximate surface area is 166 Å². The molecule has 0 saturated carbocycles. The van der Waals surface area contributed by atoms with E-state index in [0.717, 1.165) is 4.90 Å². The summed E-state index contributed by atoms with van der Waals surface area (Å²) in [6.07, 6.45) is 0.341. The smallest absolute Gasteiger partial charge is 0.325 e. The molecule has 144 valence electrons. The van der Waals surface area contributed by atoms with Crippen LogP contribution in [0, 0.1) is 0 Å². The van der Waals surface area contributed by atoms with E-state index in [-0.39, 0.29) is 19.1 Å². The Hall–Kier alpha value is -3.06. The van der Waals surface area contributed by atoms with Gasteiger partial charge in [0.25, 0.3) is 5.91 Å². The van der Waals surface area contributed by atoms with E-state index in [1.54, 1.807) is 49.4 Å². The number of nitrogens with zero attached hydrogens (tertiary/aromatic N) is 1. The average molecular weight is 401 g/mol. The third-order valence-corrected chi connectivity index (χ3v) is 5.29. The molecule has 2 heterocycles. The molecule has 28 heavy (non-hydrogen) atoms. The summed E-state index contributed by atoms with van der Waals surface area (Å²) in [7, 11) is 0. The van der Waals surface area contributed by atoms with Crippen LogP contribution in [-0.2, 0) is 10.3 Å². The molecule has 0 spiro atoms. The van der Waals surface area contributed by atoms with Crippen molar-refractivity contribution in [3.8, 4) is 11.5 Å². The first-order valence-corrected chi connectivity index (χ1v) is 9.15. The first-order chi connectivity index (χ1) is 13.4. The Kier molecular flexibility index (Phi) is 4.47. The summed E-state index contributed by atoms with van der Waals surface area (Å²) in [5.41, 5.74) is -0.252. The first-order valence-electron chi connectivity index (χ1n) is 8.77. The molecule has 0 aliphatic carbocycles. The molecule has 2 aliphatic heterocycles. The zero-order chi connectivity index (χ0) is 19.9. The van der Waals surface area contributed by atoms with Crippen LogP contribution < -0.4 is 14.8 Å². The van der Waals surface area contributed by atoms with Crippen LogP contribution in [-0.4, -0.2) is 36.0 Å². The van der Waals surface area contributed by atoms with E-state index in [2.05, 4.69) is 5.32 Å². The molecular formula is C20H17ClN2O5. The molecule has 2 aliphatic rings. The molecule has 0 aromatic heterocycles. The molecule has 8 heteroatoms. The quantitative estimate of drug-likeness (QED) is 0.615. The number of fused-ring (bicyclic) bond motifs is 1. The van der Waals surface area contributed by atoms with E-state index in [1.165, 1.54) is 0 Å². The van der Waals surface area contributed by atoms with Crippen molar-refractivity contribution < 1.29 is 23.9 Å². The van der Waals surface area contributed by atoms with E-state index < -0.39 is 17.5 Å².